The third kappa shape index (κ3) is 3.94. The summed E-state index contributed by atoms with van der Waals surface area (Å²) in [5.41, 5.74) is 0.615. The molecule has 1 aliphatic heterocycles. The summed E-state index contributed by atoms with van der Waals surface area (Å²) in [6, 6.07) is 6.96. The first-order valence-corrected chi connectivity index (χ1v) is 8.95. The first-order chi connectivity index (χ1) is 11.6. The molecule has 0 bridgehead atoms. The van der Waals surface area contributed by atoms with E-state index in [0.29, 0.717) is 44.0 Å². The van der Waals surface area contributed by atoms with Crippen LogP contribution >= 0.6 is 0 Å². The molecule has 4 nitrogen and oxygen atoms in total. The molecule has 1 N–H and O–H groups in total. The molecular formula is C19H25FN2O2. The number of benzene rings is 1. The third-order valence-corrected chi connectivity index (χ3v) is 5.23. The smallest absolute Gasteiger partial charge is 0.224 e. The van der Waals surface area contributed by atoms with Crippen molar-refractivity contribution >= 4 is 11.8 Å². The van der Waals surface area contributed by atoms with Gasteiger partial charge in [0.15, 0.2) is 0 Å². The number of nitrogens with one attached hydrogen (secondary N) is 1. The van der Waals surface area contributed by atoms with Crippen molar-refractivity contribution in [2.24, 2.45) is 5.92 Å². The number of nitrogens with zero attached hydrogens (tertiary/aromatic N) is 1. The Kier molecular flexibility index (Phi) is 5.48. The molecule has 5 heteroatoms. The molecule has 2 amide bonds. The van der Waals surface area contributed by atoms with Gasteiger partial charge in [-0.2, -0.15) is 0 Å². The van der Waals surface area contributed by atoms with Crippen LogP contribution in [0.1, 0.15) is 44.1 Å². The molecule has 1 aromatic rings. The number of rotatable bonds is 5. The quantitative estimate of drug-likeness (QED) is 0.901. The van der Waals surface area contributed by atoms with Gasteiger partial charge in [0.2, 0.25) is 11.8 Å². The Morgan fingerprint density at radius 3 is 2.71 bits per heavy atom. The largest absolute Gasteiger partial charge is 0.355 e. The van der Waals surface area contributed by atoms with Crippen molar-refractivity contribution in [3.8, 4) is 0 Å². The average Bonchev–Trinajstić information content (AvgIpc) is 3.11. The van der Waals surface area contributed by atoms with Gasteiger partial charge in [-0.05, 0) is 37.3 Å². The number of halogens is 1. The van der Waals surface area contributed by atoms with Crippen LogP contribution in [-0.4, -0.2) is 35.8 Å². The van der Waals surface area contributed by atoms with Gasteiger partial charge in [-0.3, -0.25) is 9.59 Å². The maximum atomic E-state index is 13.6. The second kappa shape index (κ2) is 7.77. The van der Waals surface area contributed by atoms with E-state index in [1.807, 2.05) is 4.90 Å². The molecule has 2 aliphatic rings. The predicted molar refractivity (Wildman–Crippen MR) is 89.8 cm³/mol. The lowest BCUT2D eigenvalue weighted by atomic mass is 9.94. The minimum atomic E-state index is -0.234. The highest BCUT2D eigenvalue weighted by atomic mass is 19.1. The Balaban J connectivity index is 1.49. The van der Waals surface area contributed by atoms with Crippen molar-refractivity contribution in [3.63, 3.8) is 0 Å². The second-order valence-electron chi connectivity index (χ2n) is 6.85. The Labute approximate surface area is 142 Å². The summed E-state index contributed by atoms with van der Waals surface area (Å²) in [5, 5.41) is 2.91. The molecule has 1 saturated heterocycles. The summed E-state index contributed by atoms with van der Waals surface area (Å²) >= 11 is 0. The zero-order chi connectivity index (χ0) is 16.9. The average molecular weight is 332 g/mol. The van der Waals surface area contributed by atoms with E-state index in [1.54, 1.807) is 18.2 Å². The third-order valence-electron chi connectivity index (χ3n) is 5.23. The maximum absolute atomic E-state index is 13.6. The van der Waals surface area contributed by atoms with E-state index in [2.05, 4.69) is 5.32 Å². The predicted octanol–water partition coefficient (Wildman–Crippen LogP) is 2.67. The molecule has 3 rings (SSSR count). The monoisotopic (exact) mass is 332 g/mol. The van der Waals surface area contributed by atoms with E-state index in [-0.39, 0.29) is 23.5 Å². The highest BCUT2D eigenvalue weighted by Crippen LogP contribution is 2.28. The molecule has 2 fully saturated rings. The van der Waals surface area contributed by atoms with E-state index in [9.17, 15) is 14.0 Å². The molecule has 1 aliphatic carbocycles. The fraction of sp³-hybridized carbons (Fsp3) is 0.579. The van der Waals surface area contributed by atoms with Crippen molar-refractivity contribution in [3.05, 3.63) is 35.6 Å². The van der Waals surface area contributed by atoms with Gasteiger partial charge >= 0.3 is 0 Å². The summed E-state index contributed by atoms with van der Waals surface area (Å²) in [7, 11) is 0. The van der Waals surface area contributed by atoms with Crippen LogP contribution in [0, 0.1) is 11.7 Å². The number of piperidine rings is 1. The van der Waals surface area contributed by atoms with Gasteiger partial charge in [0.25, 0.3) is 0 Å². The molecule has 1 unspecified atom stereocenters. The van der Waals surface area contributed by atoms with E-state index < -0.39 is 0 Å². The molecule has 1 heterocycles. The van der Waals surface area contributed by atoms with E-state index >= 15 is 0 Å². The van der Waals surface area contributed by atoms with Crippen LogP contribution in [0.15, 0.2) is 24.3 Å². The SMILES string of the molecule is O=C(NCCc1ccccc1F)C1CCC(=O)N(C2CCCC2)C1. The number of hydrogen-bond donors (Lipinski definition) is 1. The fourth-order valence-electron chi connectivity index (χ4n) is 3.82. The van der Waals surface area contributed by atoms with Crippen LogP contribution in [0.2, 0.25) is 0 Å². The molecule has 1 aromatic carbocycles. The van der Waals surface area contributed by atoms with Crippen molar-refractivity contribution < 1.29 is 14.0 Å². The van der Waals surface area contributed by atoms with Gasteiger partial charge in [-0.15, -0.1) is 0 Å². The molecule has 130 valence electrons. The first-order valence-electron chi connectivity index (χ1n) is 8.95. The Morgan fingerprint density at radius 2 is 1.96 bits per heavy atom. The maximum Gasteiger partial charge on any atom is 0.224 e. The summed E-state index contributed by atoms with van der Waals surface area (Å²) in [6.45, 7) is 0.961. The Bertz CT molecular complexity index is 599. The lowest BCUT2D eigenvalue weighted by Gasteiger charge is -2.36. The highest BCUT2D eigenvalue weighted by Gasteiger charge is 2.34. The zero-order valence-electron chi connectivity index (χ0n) is 14.0. The minimum Gasteiger partial charge on any atom is -0.355 e. The molecule has 24 heavy (non-hydrogen) atoms. The first kappa shape index (κ1) is 16.9. The molecule has 1 saturated carbocycles. The van der Waals surface area contributed by atoms with Gasteiger partial charge in [0, 0.05) is 25.6 Å². The standard InChI is InChI=1S/C19H25FN2O2/c20-17-8-4-1-5-14(17)11-12-21-19(24)15-9-10-18(23)22(13-15)16-6-2-3-7-16/h1,4-5,8,15-16H,2-3,6-7,9-13H2,(H,21,24). The lowest BCUT2D eigenvalue weighted by Crippen LogP contribution is -2.49. The minimum absolute atomic E-state index is 0.0122. The fourth-order valence-corrected chi connectivity index (χ4v) is 3.82. The van der Waals surface area contributed by atoms with Gasteiger partial charge in [0.05, 0.1) is 5.92 Å². The normalized spacial score (nSPS) is 22.0. The van der Waals surface area contributed by atoms with Crippen LogP contribution < -0.4 is 5.32 Å². The number of hydrogen-bond acceptors (Lipinski definition) is 2. The molecule has 0 aromatic heterocycles. The van der Waals surface area contributed by atoms with Gasteiger partial charge in [0.1, 0.15) is 5.82 Å². The van der Waals surface area contributed by atoms with E-state index in [4.69, 9.17) is 0 Å². The number of amides is 2. The summed E-state index contributed by atoms with van der Waals surface area (Å²) in [5.74, 6) is -0.189. The molecule has 0 radical (unpaired) electrons. The number of likely N-dealkylation sites (tertiary alicyclic amines) is 1. The summed E-state index contributed by atoms with van der Waals surface area (Å²) < 4.78 is 13.6. The molecule has 1 atom stereocenters. The second-order valence-corrected chi connectivity index (χ2v) is 6.85. The van der Waals surface area contributed by atoms with E-state index in [1.165, 1.54) is 18.9 Å². The Hall–Kier alpha value is -1.91. The van der Waals surface area contributed by atoms with E-state index in [0.717, 1.165) is 12.8 Å². The van der Waals surface area contributed by atoms with Crippen molar-refractivity contribution in [1.29, 1.82) is 0 Å². The van der Waals surface area contributed by atoms with Crippen molar-refractivity contribution in [1.82, 2.24) is 10.2 Å². The Morgan fingerprint density at radius 1 is 1.21 bits per heavy atom. The number of carbonyl (C=O) groups excluding carboxylic acids is 2. The summed E-state index contributed by atoms with van der Waals surface area (Å²) in [6.07, 6.45) is 6.04. The van der Waals surface area contributed by atoms with Crippen LogP contribution in [0.4, 0.5) is 4.39 Å². The van der Waals surface area contributed by atoms with Gasteiger partial charge < -0.3 is 10.2 Å². The topological polar surface area (TPSA) is 49.4 Å². The highest BCUT2D eigenvalue weighted by molar-refractivity contribution is 5.84. The zero-order valence-corrected chi connectivity index (χ0v) is 14.0. The van der Waals surface area contributed by atoms with Gasteiger partial charge in [-0.25, -0.2) is 4.39 Å². The van der Waals surface area contributed by atoms with Crippen LogP contribution in [-0.2, 0) is 16.0 Å². The van der Waals surface area contributed by atoms with Crippen molar-refractivity contribution in [2.75, 3.05) is 13.1 Å². The van der Waals surface area contributed by atoms with Crippen LogP contribution in [0.25, 0.3) is 0 Å². The van der Waals surface area contributed by atoms with Gasteiger partial charge in [-0.1, -0.05) is 31.0 Å². The van der Waals surface area contributed by atoms with Crippen LogP contribution in [0.5, 0.6) is 0 Å². The molecule has 0 spiro atoms. The van der Waals surface area contributed by atoms with Crippen LogP contribution in [0.3, 0.4) is 0 Å². The molecular weight excluding hydrogens is 307 g/mol. The number of carbonyl (C=O) groups is 2. The summed E-state index contributed by atoms with van der Waals surface area (Å²) in [4.78, 5) is 26.5. The lowest BCUT2D eigenvalue weighted by molar-refractivity contribution is -0.140. The van der Waals surface area contributed by atoms with Crippen molar-refractivity contribution in [2.45, 2.75) is 51.0 Å².